The lowest BCUT2D eigenvalue weighted by Gasteiger charge is -2.32. The van der Waals surface area contributed by atoms with Crippen LogP contribution in [-0.2, 0) is 6.54 Å². The number of pyridine rings is 1. The van der Waals surface area contributed by atoms with Gasteiger partial charge < -0.3 is 14.5 Å². The fraction of sp³-hybridized carbons (Fsp3) is 0.258. The molecule has 0 spiro atoms. The number of piperidine rings is 1. The fourth-order valence-corrected chi connectivity index (χ4v) is 5.77. The van der Waals surface area contributed by atoms with Crippen molar-refractivity contribution >= 4 is 21.8 Å². The number of para-hydroxylation sites is 2. The van der Waals surface area contributed by atoms with Crippen molar-refractivity contribution in [3.8, 4) is 11.1 Å². The van der Waals surface area contributed by atoms with Crippen LogP contribution in [0.4, 0.5) is 0 Å². The molecule has 1 aliphatic rings. The second-order valence-corrected chi connectivity index (χ2v) is 9.69. The number of nitrogens with one attached hydrogen (secondary N) is 1. The topological polar surface area (TPSA) is 41.0 Å². The number of aromatic amines is 1. The number of aromatic nitrogens is 2. The molecule has 1 N–H and O–H groups in total. The average molecular weight is 462 g/mol. The molecule has 3 aromatic carbocycles. The predicted octanol–water partition coefficient (Wildman–Crippen LogP) is 6.42. The Bertz CT molecular complexity index is 1510. The summed E-state index contributed by atoms with van der Waals surface area (Å²) in [4.78, 5) is 19.1. The van der Waals surface area contributed by atoms with Gasteiger partial charge in [0.1, 0.15) is 0 Å². The zero-order valence-electron chi connectivity index (χ0n) is 20.0. The van der Waals surface area contributed by atoms with Gasteiger partial charge in [0.2, 0.25) is 0 Å². The maximum Gasteiger partial charge on any atom is 0.251 e. The summed E-state index contributed by atoms with van der Waals surface area (Å²) in [5.74, 6) is 0.625. The Hall–Kier alpha value is -3.63. The highest BCUT2D eigenvalue weighted by atomic mass is 16.1. The molecule has 0 atom stereocenters. The van der Waals surface area contributed by atoms with Crippen LogP contribution in [0.1, 0.15) is 30.7 Å². The quantitative estimate of drug-likeness (QED) is 0.317. The summed E-state index contributed by atoms with van der Waals surface area (Å²) >= 11 is 0. The number of nitrogens with zero attached hydrogens (tertiary/aromatic N) is 2. The van der Waals surface area contributed by atoms with E-state index in [0.29, 0.717) is 5.92 Å². The molecular weight excluding hydrogens is 430 g/mol. The van der Waals surface area contributed by atoms with Crippen molar-refractivity contribution in [1.29, 1.82) is 0 Å². The van der Waals surface area contributed by atoms with E-state index < -0.39 is 0 Å². The summed E-state index contributed by atoms with van der Waals surface area (Å²) in [6.45, 7) is 4.01. The molecule has 5 aromatic rings. The lowest BCUT2D eigenvalue weighted by molar-refractivity contribution is 0.207. The van der Waals surface area contributed by atoms with E-state index in [1.54, 1.807) is 0 Å². The summed E-state index contributed by atoms with van der Waals surface area (Å²) in [6.07, 6.45) is 5.57. The predicted molar refractivity (Wildman–Crippen MR) is 145 cm³/mol. The monoisotopic (exact) mass is 461 g/mol. The number of likely N-dealkylation sites (tertiary alicyclic amines) is 1. The normalized spacial score (nSPS) is 15.2. The number of H-pyrrole nitrogens is 1. The van der Waals surface area contributed by atoms with Gasteiger partial charge in [-0.3, -0.25) is 4.79 Å². The summed E-state index contributed by atoms with van der Waals surface area (Å²) < 4.78 is 1.96. The summed E-state index contributed by atoms with van der Waals surface area (Å²) in [5.41, 5.74) is 5.92. The van der Waals surface area contributed by atoms with Gasteiger partial charge in [-0.1, -0.05) is 66.7 Å². The molecule has 0 unspecified atom stereocenters. The van der Waals surface area contributed by atoms with Crippen molar-refractivity contribution in [2.75, 3.05) is 19.6 Å². The molecule has 0 radical (unpaired) electrons. The van der Waals surface area contributed by atoms with E-state index in [1.165, 1.54) is 29.3 Å². The molecule has 1 fully saturated rings. The molecule has 1 saturated heterocycles. The largest absolute Gasteiger partial charge is 0.361 e. The highest BCUT2D eigenvalue weighted by Gasteiger charge is 2.22. The Labute approximate surface area is 205 Å². The van der Waals surface area contributed by atoms with Crippen LogP contribution < -0.4 is 5.56 Å². The smallest absolute Gasteiger partial charge is 0.251 e. The van der Waals surface area contributed by atoms with E-state index in [0.717, 1.165) is 54.6 Å². The third kappa shape index (κ3) is 4.30. The van der Waals surface area contributed by atoms with Crippen LogP contribution in [-0.4, -0.2) is 34.1 Å². The lowest BCUT2D eigenvalue weighted by Crippen LogP contribution is -2.34. The highest BCUT2D eigenvalue weighted by Crippen LogP contribution is 2.33. The van der Waals surface area contributed by atoms with E-state index in [1.807, 2.05) is 34.9 Å². The number of rotatable bonds is 6. The Morgan fingerprint density at radius 1 is 0.800 bits per heavy atom. The van der Waals surface area contributed by atoms with Crippen molar-refractivity contribution < 1.29 is 0 Å². The zero-order valence-corrected chi connectivity index (χ0v) is 20.0. The van der Waals surface area contributed by atoms with Gasteiger partial charge in [0.05, 0.1) is 5.52 Å². The zero-order chi connectivity index (χ0) is 23.6. The number of fused-ring (bicyclic) bond motifs is 2. The second-order valence-electron chi connectivity index (χ2n) is 9.69. The van der Waals surface area contributed by atoms with Crippen LogP contribution in [0.25, 0.3) is 32.9 Å². The maximum absolute atomic E-state index is 13.1. The molecule has 35 heavy (non-hydrogen) atoms. The molecule has 6 rings (SSSR count). The van der Waals surface area contributed by atoms with Crippen LogP contribution in [0.2, 0.25) is 0 Å². The minimum absolute atomic E-state index is 0.0839. The van der Waals surface area contributed by atoms with Crippen molar-refractivity contribution in [2.45, 2.75) is 31.7 Å². The first-order chi connectivity index (χ1) is 17.3. The van der Waals surface area contributed by atoms with Crippen molar-refractivity contribution in [1.82, 2.24) is 14.5 Å². The van der Waals surface area contributed by atoms with Crippen molar-refractivity contribution in [3.63, 3.8) is 0 Å². The highest BCUT2D eigenvalue weighted by molar-refractivity contribution is 5.94. The van der Waals surface area contributed by atoms with Gasteiger partial charge in [0.25, 0.3) is 5.56 Å². The van der Waals surface area contributed by atoms with Crippen LogP contribution in [0, 0.1) is 0 Å². The molecule has 4 heteroatoms. The molecule has 0 saturated carbocycles. The Morgan fingerprint density at radius 2 is 1.51 bits per heavy atom. The van der Waals surface area contributed by atoms with Crippen molar-refractivity contribution in [3.05, 3.63) is 107 Å². The first-order valence-corrected chi connectivity index (χ1v) is 12.7. The molecule has 1 aliphatic heterocycles. The Kier molecular flexibility index (Phi) is 5.97. The van der Waals surface area contributed by atoms with E-state index in [2.05, 4.69) is 70.7 Å². The van der Waals surface area contributed by atoms with Crippen LogP contribution in [0.3, 0.4) is 0 Å². The average Bonchev–Trinajstić information content (AvgIpc) is 3.35. The minimum Gasteiger partial charge on any atom is -0.361 e. The van der Waals surface area contributed by atoms with E-state index in [4.69, 9.17) is 0 Å². The number of hydrogen-bond donors (Lipinski definition) is 1. The molecule has 0 aliphatic carbocycles. The van der Waals surface area contributed by atoms with Crippen molar-refractivity contribution in [2.24, 2.45) is 0 Å². The third-order valence-corrected chi connectivity index (χ3v) is 7.61. The van der Waals surface area contributed by atoms with Crippen LogP contribution in [0.15, 0.2) is 95.9 Å². The van der Waals surface area contributed by atoms with Gasteiger partial charge in [0, 0.05) is 35.1 Å². The minimum atomic E-state index is 0.0839. The van der Waals surface area contributed by atoms with E-state index >= 15 is 0 Å². The molecule has 2 aromatic heterocycles. The Morgan fingerprint density at radius 3 is 2.34 bits per heavy atom. The summed E-state index contributed by atoms with van der Waals surface area (Å²) in [5, 5.41) is 2.51. The lowest BCUT2D eigenvalue weighted by atomic mass is 9.89. The maximum atomic E-state index is 13.1. The van der Waals surface area contributed by atoms with Gasteiger partial charge >= 0.3 is 0 Å². The molecule has 0 bridgehead atoms. The molecule has 176 valence electrons. The Balaban J connectivity index is 1.13. The summed E-state index contributed by atoms with van der Waals surface area (Å²) in [6, 6.07) is 28.9. The standard InChI is InChI=1S/C31H31N3O/c35-31-21-27(23-9-2-1-3-10-23)26-12-5-7-14-30(26)34(31)18-8-17-33-19-15-24(16-20-33)28-22-32-29-13-6-4-11-25(28)29/h1-7,9-14,21-22,24,32H,8,15-20H2. The first-order valence-electron chi connectivity index (χ1n) is 12.7. The SMILES string of the molecule is O=c1cc(-c2ccccc2)c2ccccc2n1CCCN1CCC(c2c[nH]c3ccccc23)CC1. The fourth-order valence-electron chi connectivity index (χ4n) is 5.77. The molecular formula is C31H31N3O. The number of aryl methyl sites for hydroxylation is 1. The van der Waals surface area contributed by atoms with Crippen LogP contribution in [0.5, 0.6) is 0 Å². The number of hydrogen-bond acceptors (Lipinski definition) is 2. The molecule has 0 amide bonds. The number of benzene rings is 3. The molecule has 4 nitrogen and oxygen atoms in total. The van der Waals surface area contributed by atoms with E-state index in [9.17, 15) is 4.79 Å². The second kappa shape index (κ2) is 9.55. The molecule has 3 heterocycles. The summed E-state index contributed by atoms with van der Waals surface area (Å²) in [7, 11) is 0. The third-order valence-electron chi connectivity index (χ3n) is 7.61. The van der Waals surface area contributed by atoms with E-state index in [-0.39, 0.29) is 5.56 Å². The van der Waals surface area contributed by atoms with Gasteiger partial charge in [0.15, 0.2) is 0 Å². The van der Waals surface area contributed by atoms with Gasteiger partial charge in [-0.25, -0.2) is 0 Å². The van der Waals surface area contributed by atoms with Gasteiger partial charge in [-0.05, 0) is 73.6 Å². The van der Waals surface area contributed by atoms with Gasteiger partial charge in [-0.15, -0.1) is 0 Å². The van der Waals surface area contributed by atoms with Gasteiger partial charge in [-0.2, -0.15) is 0 Å². The van der Waals surface area contributed by atoms with Crippen LogP contribution >= 0.6 is 0 Å². The first kappa shape index (κ1) is 21.9.